The van der Waals surface area contributed by atoms with Gasteiger partial charge in [-0.05, 0) is 36.4 Å². The van der Waals surface area contributed by atoms with Gasteiger partial charge < -0.3 is 19.7 Å². The van der Waals surface area contributed by atoms with E-state index < -0.39 is 5.92 Å². The zero-order chi connectivity index (χ0) is 18.7. The number of hydrogen-bond acceptors (Lipinski definition) is 4. The number of anilines is 2. The molecule has 0 bridgehead atoms. The van der Waals surface area contributed by atoms with E-state index in [2.05, 4.69) is 5.32 Å². The normalized spacial score (nSPS) is 16.5. The summed E-state index contributed by atoms with van der Waals surface area (Å²) in [6.45, 7) is 0.324. The maximum absolute atomic E-state index is 12.5. The van der Waals surface area contributed by atoms with Crippen molar-refractivity contribution in [2.75, 3.05) is 31.0 Å². The number of methoxy groups -OCH3 is 2. The second kappa shape index (κ2) is 7.66. The fraction of sp³-hybridized carbons (Fsp3) is 0.263. The van der Waals surface area contributed by atoms with E-state index in [1.165, 1.54) is 0 Å². The molecule has 7 heteroatoms. The van der Waals surface area contributed by atoms with E-state index >= 15 is 0 Å². The largest absolute Gasteiger partial charge is 0.497 e. The minimum atomic E-state index is -0.442. The number of benzene rings is 2. The van der Waals surface area contributed by atoms with Crippen LogP contribution < -0.4 is 19.7 Å². The van der Waals surface area contributed by atoms with Gasteiger partial charge in [-0.2, -0.15) is 0 Å². The van der Waals surface area contributed by atoms with Gasteiger partial charge in [-0.25, -0.2) is 0 Å². The monoisotopic (exact) mass is 374 g/mol. The van der Waals surface area contributed by atoms with E-state index in [1.54, 1.807) is 61.6 Å². The second-order valence-electron chi connectivity index (χ2n) is 5.94. The van der Waals surface area contributed by atoms with Gasteiger partial charge in [0.1, 0.15) is 11.5 Å². The predicted octanol–water partition coefficient (Wildman–Crippen LogP) is 3.35. The number of ether oxygens (including phenoxy) is 2. The highest BCUT2D eigenvalue weighted by molar-refractivity contribution is 6.33. The number of nitrogens with one attached hydrogen (secondary N) is 1. The van der Waals surface area contributed by atoms with Crippen molar-refractivity contribution in [2.45, 2.75) is 6.42 Å². The van der Waals surface area contributed by atoms with Crippen LogP contribution in [0.3, 0.4) is 0 Å². The SMILES string of the molecule is COc1ccc(N2CC(C(=O)Nc3ccc(OC)cc3Cl)CC2=O)cc1. The average Bonchev–Trinajstić information content (AvgIpc) is 3.05. The average molecular weight is 375 g/mol. The van der Waals surface area contributed by atoms with E-state index in [0.29, 0.717) is 28.8 Å². The Labute approximate surface area is 156 Å². The molecule has 0 saturated carbocycles. The van der Waals surface area contributed by atoms with Gasteiger partial charge in [0.25, 0.3) is 0 Å². The predicted molar refractivity (Wildman–Crippen MR) is 100 cm³/mol. The molecule has 2 aromatic rings. The number of carbonyl (C=O) groups is 2. The summed E-state index contributed by atoms with van der Waals surface area (Å²) < 4.78 is 10.2. The lowest BCUT2D eigenvalue weighted by atomic mass is 10.1. The third-order valence-electron chi connectivity index (χ3n) is 4.31. The molecule has 136 valence electrons. The summed E-state index contributed by atoms with van der Waals surface area (Å²) in [5, 5.41) is 3.17. The molecule has 3 rings (SSSR count). The lowest BCUT2D eigenvalue weighted by molar-refractivity contribution is -0.122. The van der Waals surface area contributed by atoms with Crippen molar-refractivity contribution in [2.24, 2.45) is 5.92 Å². The van der Waals surface area contributed by atoms with Crippen LogP contribution in [0.15, 0.2) is 42.5 Å². The molecule has 6 nitrogen and oxygen atoms in total. The maximum atomic E-state index is 12.5. The van der Waals surface area contributed by atoms with Gasteiger partial charge >= 0.3 is 0 Å². The molecular formula is C19H19ClN2O4. The minimum absolute atomic E-state index is 0.0869. The maximum Gasteiger partial charge on any atom is 0.229 e. The third kappa shape index (κ3) is 3.75. The molecule has 1 aliphatic heterocycles. The number of hydrogen-bond donors (Lipinski definition) is 1. The molecule has 0 spiro atoms. The number of carbonyl (C=O) groups excluding carboxylic acids is 2. The summed E-state index contributed by atoms with van der Waals surface area (Å²) in [6, 6.07) is 12.2. The van der Waals surface area contributed by atoms with Crippen LogP contribution >= 0.6 is 11.6 Å². The minimum Gasteiger partial charge on any atom is -0.497 e. The van der Waals surface area contributed by atoms with Crippen molar-refractivity contribution in [1.82, 2.24) is 0 Å². The van der Waals surface area contributed by atoms with Crippen LogP contribution in [-0.4, -0.2) is 32.6 Å². The smallest absolute Gasteiger partial charge is 0.229 e. The molecule has 1 fully saturated rings. The van der Waals surface area contributed by atoms with Gasteiger partial charge in [0.05, 0.1) is 30.8 Å². The molecule has 0 aliphatic carbocycles. The van der Waals surface area contributed by atoms with Gasteiger partial charge in [-0.15, -0.1) is 0 Å². The molecule has 26 heavy (non-hydrogen) atoms. The van der Waals surface area contributed by atoms with E-state index in [4.69, 9.17) is 21.1 Å². The van der Waals surface area contributed by atoms with Crippen molar-refractivity contribution in [1.29, 1.82) is 0 Å². The first-order valence-electron chi connectivity index (χ1n) is 8.10. The molecule has 1 unspecified atom stereocenters. The first kappa shape index (κ1) is 18.1. The summed E-state index contributed by atoms with van der Waals surface area (Å²) >= 11 is 6.16. The molecule has 1 heterocycles. The van der Waals surface area contributed by atoms with Crippen molar-refractivity contribution in [3.63, 3.8) is 0 Å². The van der Waals surface area contributed by atoms with Crippen LogP contribution in [-0.2, 0) is 9.59 Å². The highest BCUT2D eigenvalue weighted by atomic mass is 35.5. The fourth-order valence-corrected chi connectivity index (χ4v) is 3.07. The van der Waals surface area contributed by atoms with Crippen molar-refractivity contribution >= 4 is 34.8 Å². The molecule has 2 amide bonds. The number of nitrogens with zero attached hydrogens (tertiary/aromatic N) is 1. The van der Waals surface area contributed by atoms with Crippen LogP contribution in [0.2, 0.25) is 5.02 Å². The summed E-state index contributed by atoms with van der Waals surface area (Å²) in [5.41, 5.74) is 1.24. The summed E-state index contributed by atoms with van der Waals surface area (Å²) in [4.78, 5) is 26.5. The zero-order valence-electron chi connectivity index (χ0n) is 14.5. The van der Waals surface area contributed by atoms with Gasteiger partial charge in [-0.3, -0.25) is 9.59 Å². The quantitative estimate of drug-likeness (QED) is 0.871. The summed E-state index contributed by atoms with van der Waals surface area (Å²) in [6.07, 6.45) is 0.158. The molecule has 1 aliphatic rings. The van der Waals surface area contributed by atoms with Gasteiger partial charge in [0.15, 0.2) is 0 Å². The van der Waals surface area contributed by atoms with Gasteiger partial charge in [-0.1, -0.05) is 11.6 Å². The molecule has 0 aromatic heterocycles. The Hall–Kier alpha value is -2.73. The van der Waals surface area contributed by atoms with E-state index in [1.807, 2.05) is 0 Å². The summed E-state index contributed by atoms with van der Waals surface area (Å²) in [7, 11) is 3.13. The Balaban J connectivity index is 1.68. The molecule has 0 radical (unpaired) electrons. The number of amides is 2. The number of halogens is 1. The lowest BCUT2D eigenvalue weighted by Crippen LogP contribution is -2.28. The van der Waals surface area contributed by atoms with Crippen LogP contribution in [0.25, 0.3) is 0 Å². The zero-order valence-corrected chi connectivity index (χ0v) is 15.2. The molecule has 1 N–H and O–H groups in total. The Morgan fingerprint density at radius 3 is 2.38 bits per heavy atom. The Morgan fingerprint density at radius 2 is 1.77 bits per heavy atom. The Morgan fingerprint density at radius 1 is 1.12 bits per heavy atom. The van der Waals surface area contributed by atoms with E-state index in [0.717, 1.165) is 5.69 Å². The highest BCUT2D eigenvalue weighted by Crippen LogP contribution is 2.30. The Kier molecular flexibility index (Phi) is 5.32. The first-order valence-corrected chi connectivity index (χ1v) is 8.48. The standard InChI is InChI=1S/C19H19ClN2O4/c1-25-14-5-3-13(4-6-14)22-11-12(9-18(22)23)19(24)21-17-8-7-15(26-2)10-16(17)20/h3-8,10,12H,9,11H2,1-2H3,(H,21,24). The lowest BCUT2D eigenvalue weighted by Gasteiger charge is -2.17. The van der Waals surface area contributed by atoms with Crippen LogP contribution in [0.4, 0.5) is 11.4 Å². The van der Waals surface area contributed by atoms with E-state index in [9.17, 15) is 9.59 Å². The number of rotatable bonds is 5. The highest BCUT2D eigenvalue weighted by Gasteiger charge is 2.35. The van der Waals surface area contributed by atoms with Crippen LogP contribution in [0.1, 0.15) is 6.42 Å². The third-order valence-corrected chi connectivity index (χ3v) is 4.63. The van der Waals surface area contributed by atoms with Crippen LogP contribution in [0, 0.1) is 5.92 Å². The first-order chi connectivity index (χ1) is 12.5. The van der Waals surface area contributed by atoms with Gasteiger partial charge in [0.2, 0.25) is 11.8 Å². The molecule has 1 saturated heterocycles. The molecular weight excluding hydrogens is 356 g/mol. The molecule has 2 aromatic carbocycles. The van der Waals surface area contributed by atoms with Crippen molar-refractivity contribution in [3.05, 3.63) is 47.5 Å². The van der Waals surface area contributed by atoms with Crippen molar-refractivity contribution in [3.8, 4) is 11.5 Å². The summed E-state index contributed by atoms with van der Waals surface area (Å²) in [5.74, 6) is 0.555. The van der Waals surface area contributed by atoms with E-state index in [-0.39, 0.29) is 18.2 Å². The van der Waals surface area contributed by atoms with Crippen LogP contribution in [0.5, 0.6) is 11.5 Å². The topological polar surface area (TPSA) is 67.9 Å². The Bertz CT molecular complexity index is 823. The van der Waals surface area contributed by atoms with Crippen molar-refractivity contribution < 1.29 is 19.1 Å². The second-order valence-corrected chi connectivity index (χ2v) is 6.35. The molecule has 1 atom stereocenters. The fourth-order valence-electron chi connectivity index (χ4n) is 2.85. The van der Waals surface area contributed by atoms with Gasteiger partial charge in [0, 0.05) is 24.7 Å².